The minimum Gasteiger partial charge on any atom is -0.311 e. The molecule has 4 unspecified atom stereocenters. The van der Waals surface area contributed by atoms with Crippen LogP contribution < -0.4 is 10.6 Å². The van der Waals surface area contributed by atoms with Crippen molar-refractivity contribution in [3.63, 3.8) is 0 Å². The van der Waals surface area contributed by atoms with E-state index in [1.807, 2.05) is 0 Å². The fraction of sp³-hybridized carbons (Fsp3) is 0.364. The Bertz CT molecular complexity index is 1030. The second-order valence-electron chi connectivity index (χ2n) is 8.01. The van der Waals surface area contributed by atoms with Gasteiger partial charge < -0.3 is 4.90 Å². The molecule has 33 heavy (non-hydrogen) atoms. The highest BCUT2D eigenvalue weighted by Crippen LogP contribution is 2.36. The van der Waals surface area contributed by atoms with Crippen molar-refractivity contribution < 1.29 is 27.2 Å². The van der Waals surface area contributed by atoms with Gasteiger partial charge in [0.25, 0.3) is 0 Å². The van der Waals surface area contributed by atoms with Crippen molar-refractivity contribution in [3.05, 3.63) is 71.0 Å². The molecule has 0 bridgehead atoms. The number of nitrogens with one attached hydrogen (secondary N) is 2. The van der Waals surface area contributed by atoms with E-state index < -0.39 is 41.4 Å². The molecule has 4 rings (SSSR count). The summed E-state index contributed by atoms with van der Waals surface area (Å²) in [5, 5.41) is 6.15. The van der Waals surface area contributed by atoms with Crippen molar-refractivity contribution in [1.82, 2.24) is 20.4 Å². The predicted octanol–water partition coefficient (Wildman–Crippen LogP) is 3.76. The van der Waals surface area contributed by atoms with E-state index >= 15 is 0 Å². The van der Waals surface area contributed by atoms with Gasteiger partial charge in [0.2, 0.25) is 5.91 Å². The number of alkyl halides is 3. The largest absolute Gasteiger partial charge is 0.416 e. The molecule has 2 aromatic carbocycles. The number of benzene rings is 2. The molecule has 6 nitrogen and oxygen atoms in total. The second-order valence-corrected chi connectivity index (χ2v) is 9.14. The van der Waals surface area contributed by atoms with E-state index in [0.717, 1.165) is 22.6 Å². The number of nitrogens with zero attached hydrogens (tertiary/aromatic N) is 2. The van der Waals surface area contributed by atoms with Gasteiger partial charge in [-0.2, -0.15) is 13.2 Å². The number of hydrogen-bond acceptors (Lipinski definition) is 5. The number of halogens is 4. The number of carbonyl (C=O) groups excluding carboxylic acids is 2. The van der Waals surface area contributed by atoms with Crippen LogP contribution in [0.4, 0.5) is 22.4 Å². The first-order valence-corrected chi connectivity index (χ1v) is 11.2. The van der Waals surface area contributed by atoms with Crippen LogP contribution in [0.3, 0.4) is 0 Å². The average Bonchev–Trinajstić information content (AvgIpc) is 2.79. The molecule has 2 saturated heterocycles. The number of urea groups is 1. The third-order valence-electron chi connectivity index (χ3n) is 5.87. The highest BCUT2D eigenvalue weighted by molar-refractivity contribution is 7.99. The summed E-state index contributed by atoms with van der Waals surface area (Å²) in [6.45, 7) is 0. The van der Waals surface area contributed by atoms with Crippen molar-refractivity contribution in [1.29, 1.82) is 0 Å². The molecule has 2 N–H and O–H groups in total. The molecular weight excluding hydrogens is 460 g/mol. The molecule has 3 amide bonds. The van der Waals surface area contributed by atoms with Gasteiger partial charge in [0.1, 0.15) is 5.82 Å². The zero-order chi connectivity index (χ0) is 23.9. The van der Waals surface area contributed by atoms with Gasteiger partial charge in [-0.25, -0.2) is 9.18 Å². The Hall–Kier alpha value is -2.63. The third-order valence-corrected chi connectivity index (χ3v) is 7.16. The van der Waals surface area contributed by atoms with Crippen molar-refractivity contribution >= 4 is 23.7 Å². The van der Waals surface area contributed by atoms with Gasteiger partial charge in [-0.3, -0.25) is 20.3 Å². The number of imide groups is 1. The van der Waals surface area contributed by atoms with Crippen molar-refractivity contribution in [2.45, 2.75) is 29.6 Å². The quantitative estimate of drug-likeness (QED) is 0.650. The van der Waals surface area contributed by atoms with Gasteiger partial charge in [-0.05, 0) is 35.4 Å². The number of carbonyl (C=O) groups is 2. The van der Waals surface area contributed by atoms with E-state index in [9.17, 15) is 27.2 Å². The van der Waals surface area contributed by atoms with E-state index in [-0.39, 0.29) is 11.7 Å². The van der Waals surface area contributed by atoms with Crippen molar-refractivity contribution in [2.75, 3.05) is 14.1 Å². The smallest absolute Gasteiger partial charge is 0.311 e. The maximum absolute atomic E-state index is 13.4. The zero-order valence-electron chi connectivity index (χ0n) is 17.8. The number of fused-ring (bicyclic) bond motifs is 1. The van der Waals surface area contributed by atoms with E-state index in [4.69, 9.17) is 0 Å². The Labute approximate surface area is 192 Å². The molecule has 0 spiro atoms. The van der Waals surface area contributed by atoms with Crippen LogP contribution in [0, 0.1) is 11.7 Å². The lowest BCUT2D eigenvalue weighted by Crippen LogP contribution is -2.72. The van der Waals surface area contributed by atoms with Crippen molar-refractivity contribution in [3.8, 4) is 0 Å². The van der Waals surface area contributed by atoms with Crippen LogP contribution in [-0.4, -0.2) is 47.4 Å². The summed E-state index contributed by atoms with van der Waals surface area (Å²) in [7, 11) is 3.02. The maximum atomic E-state index is 13.4. The van der Waals surface area contributed by atoms with E-state index in [2.05, 4.69) is 10.6 Å². The fourth-order valence-electron chi connectivity index (χ4n) is 4.02. The van der Waals surface area contributed by atoms with E-state index in [1.165, 1.54) is 48.0 Å². The summed E-state index contributed by atoms with van der Waals surface area (Å²) in [4.78, 5) is 28.0. The summed E-state index contributed by atoms with van der Waals surface area (Å²) < 4.78 is 51.9. The number of rotatable bonds is 4. The monoisotopic (exact) mass is 482 g/mol. The second kappa shape index (κ2) is 8.96. The molecule has 2 heterocycles. The fourth-order valence-corrected chi connectivity index (χ4v) is 5.29. The number of thioether (sulfide) groups is 1. The van der Waals surface area contributed by atoms with Crippen LogP contribution in [0.1, 0.15) is 22.9 Å². The van der Waals surface area contributed by atoms with Crippen LogP contribution in [0.15, 0.2) is 48.5 Å². The molecule has 0 aliphatic carbocycles. The lowest BCUT2D eigenvalue weighted by Gasteiger charge is -2.50. The Balaban J connectivity index is 1.58. The highest BCUT2D eigenvalue weighted by atomic mass is 32.2. The Morgan fingerprint density at radius 3 is 2.21 bits per heavy atom. The first-order valence-electron chi connectivity index (χ1n) is 10.2. The minimum atomic E-state index is -4.41. The van der Waals surface area contributed by atoms with Crippen LogP contribution in [-0.2, 0) is 16.7 Å². The molecule has 0 saturated carbocycles. The third kappa shape index (κ3) is 4.71. The maximum Gasteiger partial charge on any atom is 0.416 e. The van der Waals surface area contributed by atoms with Crippen molar-refractivity contribution in [2.24, 2.45) is 5.92 Å². The van der Waals surface area contributed by atoms with Crippen LogP contribution in [0.25, 0.3) is 0 Å². The topological polar surface area (TPSA) is 64.7 Å². The van der Waals surface area contributed by atoms with Crippen LogP contribution in [0.5, 0.6) is 0 Å². The summed E-state index contributed by atoms with van der Waals surface area (Å²) >= 11 is 1.37. The minimum absolute atomic E-state index is 0.351. The Morgan fingerprint density at radius 1 is 0.970 bits per heavy atom. The van der Waals surface area contributed by atoms with E-state index in [0.29, 0.717) is 11.3 Å². The Kier molecular flexibility index (Phi) is 6.39. The van der Waals surface area contributed by atoms with E-state index in [1.54, 1.807) is 19.2 Å². The van der Waals surface area contributed by atoms with Gasteiger partial charge in [0.05, 0.1) is 29.2 Å². The first-order chi connectivity index (χ1) is 15.6. The Morgan fingerprint density at radius 2 is 1.61 bits per heavy atom. The summed E-state index contributed by atoms with van der Waals surface area (Å²) in [5.41, 5.74) is 0.670. The lowest BCUT2D eigenvalue weighted by atomic mass is 9.96. The van der Waals surface area contributed by atoms with Gasteiger partial charge in [0.15, 0.2) is 0 Å². The molecule has 176 valence electrons. The lowest BCUT2D eigenvalue weighted by molar-refractivity contribution is -0.140. The first kappa shape index (κ1) is 23.5. The number of hydrogen-bond donors (Lipinski definition) is 2. The van der Waals surface area contributed by atoms with Gasteiger partial charge in [-0.1, -0.05) is 24.3 Å². The molecule has 2 fully saturated rings. The van der Waals surface area contributed by atoms with Crippen LogP contribution >= 0.6 is 11.8 Å². The molecule has 2 aromatic rings. The zero-order valence-corrected chi connectivity index (χ0v) is 18.6. The summed E-state index contributed by atoms with van der Waals surface area (Å²) in [6.07, 6.45) is -5.49. The van der Waals surface area contributed by atoms with Gasteiger partial charge in [-0.15, -0.1) is 11.8 Å². The molecule has 11 heteroatoms. The summed E-state index contributed by atoms with van der Waals surface area (Å²) in [5.74, 6) is -1.02. The molecule has 0 aromatic heterocycles. The van der Waals surface area contributed by atoms with Gasteiger partial charge in [0, 0.05) is 19.8 Å². The normalized spacial score (nSPS) is 25.9. The molecule has 2 aliphatic rings. The molecule has 4 atom stereocenters. The van der Waals surface area contributed by atoms with Gasteiger partial charge >= 0.3 is 12.2 Å². The SMILES string of the molecule is CN1C(=O)C2C(SCc3ccc(C(F)(F)F)cc3)NC(c3ccc(F)cc3)NC2N(C)C1=O. The molecular formula is C22H22F4N4O2S. The highest BCUT2D eigenvalue weighted by Gasteiger charge is 2.51. The number of amides is 3. The standard InChI is InChI=1S/C22H22F4N4O2S/c1-29-18-16(20(31)30(2)21(29)32)19(28-17(27-18)13-5-9-15(23)10-6-13)33-11-12-3-7-14(8-4-12)22(24,25)26/h3-10,16-19,27-28H,11H2,1-2H3. The predicted molar refractivity (Wildman–Crippen MR) is 115 cm³/mol. The summed E-state index contributed by atoms with van der Waals surface area (Å²) in [6, 6.07) is 10.3. The average molecular weight is 483 g/mol. The van der Waals surface area contributed by atoms with Crippen LogP contribution in [0.2, 0.25) is 0 Å². The molecule has 2 aliphatic heterocycles. The molecule has 0 radical (unpaired) electrons.